The summed E-state index contributed by atoms with van der Waals surface area (Å²) in [6.07, 6.45) is 10.9. The summed E-state index contributed by atoms with van der Waals surface area (Å²) in [5, 5.41) is 11.9. The molecule has 1 unspecified atom stereocenters. The molecule has 230 valence electrons. The zero-order chi connectivity index (χ0) is 31.0. The normalized spacial score (nSPS) is 23.1. The molecule has 3 fully saturated rings. The second-order valence-electron chi connectivity index (χ2n) is 13.2. The third-order valence-electron chi connectivity index (χ3n) is 9.78. The Kier molecular flexibility index (Phi) is 6.40. The van der Waals surface area contributed by atoms with Crippen LogP contribution < -0.4 is 10.6 Å². The highest BCUT2D eigenvalue weighted by atomic mass is 16.2. The number of nitrogens with zero attached hydrogens (tertiary/aromatic N) is 5. The first kappa shape index (κ1) is 27.7. The van der Waals surface area contributed by atoms with Gasteiger partial charge in [-0.25, -0.2) is 0 Å². The number of carbonyl (C=O) groups excluding carboxylic acids is 4. The summed E-state index contributed by atoms with van der Waals surface area (Å²) in [5.74, 6) is -1.03. The fourth-order valence-electron chi connectivity index (χ4n) is 7.02. The topological polar surface area (TPSA) is 131 Å². The number of hydrogen-bond donors (Lipinski definition) is 2. The monoisotopic (exact) mass is 605 g/mol. The molecule has 4 aromatic rings. The summed E-state index contributed by atoms with van der Waals surface area (Å²) in [4.78, 5) is 55.9. The van der Waals surface area contributed by atoms with E-state index in [2.05, 4.69) is 58.3 Å². The second kappa shape index (κ2) is 10.4. The number of anilines is 1. The lowest BCUT2D eigenvalue weighted by Gasteiger charge is -2.35. The third kappa shape index (κ3) is 4.72. The van der Waals surface area contributed by atoms with Crippen molar-refractivity contribution in [1.29, 1.82) is 0 Å². The number of fused-ring (bicyclic) bond motifs is 2. The van der Waals surface area contributed by atoms with Gasteiger partial charge in [0.15, 0.2) is 0 Å². The van der Waals surface area contributed by atoms with Crippen LogP contribution in [0, 0.1) is 5.92 Å². The first-order valence-electron chi connectivity index (χ1n) is 15.9. The summed E-state index contributed by atoms with van der Waals surface area (Å²) >= 11 is 0. The Hall–Kier alpha value is -4.80. The maximum atomic E-state index is 13.2. The van der Waals surface area contributed by atoms with Gasteiger partial charge in [0, 0.05) is 60.2 Å². The predicted molar refractivity (Wildman–Crippen MR) is 167 cm³/mol. The minimum absolute atomic E-state index is 0.0976. The molecule has 2 aliphatic carbocycles. The second-order valence-corrected chi connectivity index (χ2v) is 13.2. The Morgan fingerprint density at radius 2 is 1.78 bits per heavy atom. The number of benzene rings is 1. The van der Waals surface area contributed by atoms with Crippen molar-refractivity contribution in [1.82, 2.24) is 29.5 Å². The van der Waals surface area contributed by atoms with E-state index in [4.69, 9.17) is 10.1 Å². The van der Waals surface area contributed by atoms with Crippen molar-refractivity contribution in [2.24, 2.45) is 5.92 Å². The summed E-state index contributed by atoms with van der Waals surface area (Å²) in [7, 11) is 0. The number of amides is 4. The molecule has 1 saturated heterocycles. The van der Waals surface area contributed by atoms with Crippen LogP contribution in [-0.2, 0) is 9.59 Å². The molecule has 0 radical (unpaired) electrons. The average molecular weight is 606 g/mol. The molecule has 1 aromatic carbocycles. The highest BCUT2D eigenvalue weighted by Gasteiger charge is 2.44. The molecule has 8 rings (SSSR count). The number of piperidine rings is 1. The van der Waals surface area contributed by atoms with Crippen LogP contribution in [0.5, 0.6) is 0 Å². The fourth-order valence-corrected chi connectivity index (χ4v) is 7.02. The fraction of sp³-hybridized carbons (Fsp3) is 0.412. The molecule has 45 heavy (non-hydrogen) atoms. The lowest BCUT2D eigenvalue weighted by molar-refractivity contribution is -0.136. The molecule has 11 nitrogen and oxygen atoms in total. The highest BCUT2D eigenvalue weighted by molar-refractivity contribution is 6.23. The van der Waals surface area contributed by atoms with Gasteiger partial charge >= 0.3 is 0 Å². The lowest BCUT2D eigenvalue weighted by Crippen LogP contribution is -2.54. The van der Waals surface area contributed by atoms with Gasteiger partial charge in [-0.05, 0) is 82.2 Å². The molecular weight excluding hydrogens is 570 g/mol. The molecule has 4 amide bonds. The predicted octanol–water partition coefficient (Wildman–Crippen LogP) is 4.82. The Labute approximate surface area is 260 Å². The van der Waals surface area contributed by atoms with Gasteiger partial charge in [0.2, 0.25) is 11.8 Å². The Morgan fingerprint density at radius 1 is 0.978 bits per heavy atom. The summed E-state index contributed by atoms with van der Waals surface area (Å²) in [5.41, 5.74) is 5.80. The van der Waals surface area contributed by atoms with Gasteiger partial charge in [0.1, 0.15) is 6.04 Å². The molecule has 1 atom stereocenters. The van der Waals surface area contributed by atoms with Crippen LogP contribution >= 0.6 is 0 Å². The summed E-state index contributed by atoms with van der Waals surface area (Å²) in [6.45, 7) is 5.12. The summed E-state index contributed by atoms with van der Waals surface area (Å²) < 4.78 is 4.44. The molecule has 2 saturated carbocycles. The van der Waals surface area contributed by atoms with E-state index in [-0.39, 0.29) is 29.9 Å². The third-order valence-corrected chi connectivity index (χ3v) is 9.78. The molecule has 4 aliphatic rings. The smallest absolute Gasteiger partial charge is 0.262 e. The Bertz CT molecular complexity index is 1900. The molecule has 2 aliphatic heterocycles. The standard InChI is InChI=1S/C34H35N7O4/c1-18(2)39-10-9-21-16-36-27(14-29(21)39)26-17-40(38-31(26)20-3-4-20)23-11-19(12-23)15-35-22-5-6-24-25(13-22)34(45)41(33(24)44)28-7-8-30(42)37-32(28)43/h5-6,9-10,13-14,16-20,23,28,35H,3-4,7-8,11-12,15H2,1-2H3,(H,37,42,43)/t19-,23-,28?. The van der Waals surface area contributed by atoms with Crippen molar-refractivity contribution in [3.8, 4) is 11.3 Å². The highest BCUT2D eigenvalue weighted by Crippen LogP contribution is 2.46. The molecule has 0 bridgehead atoms. The largest absolute Gasteiger partial charge is 0.385 e. The molecule has 2 N–H and O–H groups in total. The zero-order valence-electron chi connectivity index (χ0n) is 25.3. The van der Waals surface area contributed by atoms with E-state index in [1.807, 2.05) is 6.20 Å². The molecule has 5 heterocycles. The van der Waals surface area contributed by atoms with Gasteiger partial charge in [-0.2, -0.15) is 5.10 Å². The van der Waals surface area contributed by atoms with Crippen molar-refractivity contribution in [3.63, 3.8) is 0 Å². The van der Waals surface area contributed by atoms with E-state index < -0.39 is 23.8 Å². The van der Waals surface area contributed by atoms with Gasteiger partial charge in [-0.1, -0.05) is 0 Å². The van der Waals surface area contributed by atoms with Crippen molar-refractivity contribution >= 4 is 40.2 Å². The van der Waals surface area contributed by atoms with E-state index in [1.54, 1.807) is 18.2 Å². The van der Waals surface area contributed by atoms with Crippen LogP contribution in [0.3, 0.4) is 0 Å². The molecule has 11 heteroatoms. The van der Waals surface area contributed by atoms with Crippen LogP contribution in [0.1, 0.15) is 96.8 Å². The van der Waals surface area contributed by atoms with Crippen LogP contribution in [0.25, 0.3) is 22.2 Å². The first-order valence-corrected chi connectivity index (χ1v) is 15.9. The van der Waals surface area contributed by atoms with Crippen LogP contribution in [0.4, 0.5) is 5.69 Å². The molecular formula is C34H35N7O4. The maximum Gasteiger partial charge on any atom is 0.262 e. The van der Waals surface area contributed by atoms with Gasteiger partial charge in [-0.3, -0.25) is 39.1 Å². The lowest BCUT2D eigenvalue weighted by atomic mass is 9.80. The number of rotatable bonds is 8. The minimum Gasteiger partial charge on any atom is -0.385 e. The SMILES string of the molecule is CC(C)n1ccc2cnc(-c3cn([C@H]4C[C@H](CNc5ccc6c(c5)C(=O)N(C5CCC(=O)NC5=O)C6=O)C4)nc3C3CC3)cc21. The maximum absolute atomic E-state index is 13.2. The quantitative estimate of drug-likeness (QED) is 0.275. The van der Waals surface area contributed by atoms with Crippen molar-refractivity contribution in [2.75, 3.05) is 11.9 Å². The molecule has 0 spiro atoms. The Balaban J connectivity index is 0.930. The zero-order valence-corrected chi connectivity index (χ0v) is 25.3. The first-order chi connectivity index (χ1) is 21.7. The van der Waals surface area contributed by atoms with Gasteiger partial charge in [0.05, 0.1) is 34.1 Å². The van der Waals surface area contributed by atoms with Crippen LogP contribution in [0.15, 0.2) is 48.9 Å². The van der Waals surface area contributed by atoms with Crippen molar-refractivity contribution < 1.29 is 19.2 Å². The van der Waals surface area contributed by atoms with Crippen molar-refractivity contribution in [2.45, 2.75) is 76.4 Å². The van der Waals surface area contributed by atoms with Gasteiger partial charge in [-0.15, -0.1) is 0 Å². The van der Waals surface area contributed by atoms with Gasteiger partial charge in [0.25, 0.3) is 11.8 Å². The summed E-state index contributed by atoms with van der Waals surface area (Å²) in [6, 6.07) is 9.19. The van der Waals surface area contributed by atoms with E-state index in [0.29, 0.717) is 23.9 Å². The van der Waals surface area contributed by atoms with E-state index in [0.717, 1.165) is 52.3 Å². The number of carbonyl (C=O) groups is 4. The number of pyridine rings is 1. The van der Waals surface area contributed by atoms with E-state index >= 15 is 0 Å². The van der Waals surface area contributed by atoms with E-state index in [1.165, 1.54) is 18.4 Å². The van der Waals surface area contributed by atoms with Crippen LogP contribution in [-0.4, -0.2) is 60.4 Å². The number of imide groups is 2. The minimum atomic E-state index is -0.966. The average Bonchev–Trinajstić information content (AvgIpc) is 3.52. The number of hydrogen-bond acceptors (Lipinski definition) is 7. The number of aromatic nitrogens is 4. The van der Waals surface area contributed by atoms with Crippen LogP contribution in [0.2, 0.25) is 0 Å². The van der Waals surface area contributed by atoms with Crippen molar-refractivity contribution in [3.05, 3.63) is 65.7 Å². The Morgan fingerprint density at radius 3 is 2.53 bits per heavy atom. The molecule has 3 aromatic heterocycles. The van der Waals surface area contributed by atoms with E-state index in [9.17, 15) is 19.2 Å². The number of nitrogens with one attached hydrogen (secondary N) is 2. The van der Waals surface area contributed by atoms with Gasteiger partial charge < -0.3 is 9.88 Å².